The summed E-state index contributed by atoms with van der Waals surface area (Å²) < 4.78 is 1.97. The molecule has 0 saturated carbocycles. The fourth-order valence-corrected chi connectivity index (χ4v) is 1.19. The minimum atomic E-state index is 0.309. The first-order valence-corrected chi connectivity index (χ1v) is 3.88. The molecule has 1 heterocycles. The summed E-state index contributed by atoms with van der Waals surface area (Å²) >= 11 is 0. The Morgan fingerprint density at radius 2 is 2.27 bits per heavy atom. The molecule has 0 aliphatic heterocycles. The van der Waals surface area contributed by atoms with Gasteiger partial charge in [0.2, 0.25) is 0 Å². The van der Waals surface area contributed by atoms with Crippen molar-refractivity contribution < 1.29 is 0 Å². The van der Waals surface area contributed by atoms with Crippen molar-refractivity contribution in [2.75, 3.05) is 6.54 Å². The van der Waals surface area contributed by atoms with Crippen LogP contribution in [-0.4, -0.2) is 16.3 Å². The van der Waals surface area contributed by atoms with Gasteiger partial charge in [0.05, 0.1) is 11.7 Å². The van der Waals surface area contributed by atoms with E-state index in [2.05, 4.69) is 18.1 Å². The molecule has 0 aromatic carbocycles. The molecule has 0 aliphatic carbocycles. The monoisotopic (exact) mass is 153 g/mol. The van der Waals surface area contributed by atoms with Crippen molar-refractivity contribution in [1.29, 1.82) is 0 Å². The molecule has 0 saturated heterocycles. The van der Waals surface area contributed by atoms with Crippen molar-refractivity contribution in [2.45, 2.75) is 26.8 Å². The Balaban J connectivity index is 2.93. The van der Waals surface area contributed by atoms with Gasteiger partial charge in [0.25, 0.3) is 0 Å². The van der Waals surface area contributed by atoms with Crippen LogP contribution in [0.3, 0.4) is 0 Å². The van der Waals surface area contributed by atoms with Gasteiger partial charge in [-0.05, 0) is 26.8 Å². The molecule has 1 aromatic heterocycles. The van der Waals surface area contributed by atoms with Crippen molar-refractivity contribution in [3.63, 3.8) is 0 Å². The zero-order valence-corrected chi connectivity index (χ0v) is 7.33. The summed E-state index contributed by atoms with van der Waals surface area (Å²) in [6.45, 7) is 6.75. The molecule has 1 atom stereocenters. The van der Waals surface area contributed by atoms with Crippen LogP contribution in [0.15, 0.2) is 6.07 Å². The lowest BCUT2D eigenvalue weighted by atomic mass is 10.3. The first kappa shape index (κ1) is 8.27. The Kier molecular flexibility index (Phi) is 2.29. The van der Waals surface area contributed by atoms with Crippen molar-refractivity contribution >= 4 is 0 Å². The minimum Gasteiger partial charge on any atom is -0.328 e. The second-order valence-corrected chi connectivity index (χ2v) is 2.96. The molecule has 0 bridgehead atoms. The van der Waals surface area contributed by atoms with Crippen LogP contribution in [0, 0.1) is 13.8 Å². The number of hydrogen-bond donors (Lipinski definition) is 1. The van der Waals surface area contributed by atoms with Gasteiger partial charge in [0.15, 0.2) is 0 Å². The van der Waals surface area contributed by atoms with Crippen LogP contribution in [0.2, 0.25) is 0 Å². The standard InChI is InChI=1S/C8H15N3/c1-6-4-7(2)11(10-6)8(3)5-9/h4,8H,5,9H2,1-3H3/t8-/m0/s1. The molecule has 0 aliphatic rings. The van der Waals surface area contributed by atoms with Gasteiger partial charge in [-0.15, -0.1) is 0 Å². The maximum atomic E-state index is 5.52. The molecule has 2 N–H and O–H groups in total. The van der Waals surface area contributed by atoms with E-state index in [4.69, 9.17) is 5.73 Å². The largest absolute Gasteiger partial charge is 0.328 e. The number of aromatic nitrogens is 2. The summed E-state index contributed by atoms with van der Waals surface area (Å²) in [6, 6.07) is 2.37. The summed E-state index contributed by atoms with van der Waals surface area (Å²) in [5, 5.41) is 4.32. The predicted octanol–water partition coefficient (Wildman–Crippen LogP) is 1.02. The molecule has 3 nitrogen and oxygen atoms in total. The molecule has 0 fully saturated rings. The SMILES string of the molecule is Cc1cc(C)n([C@@H](C)CN)n1. The number of rotatable bonds is 2. The van der Waals surface area contributed by atoms with Gasteiger partial charge >= 0.3 is 0 Å². The average Bonchev–Trinajstić information content (AvgIpc) is 2.28. The number of aryl methyl sites for hydroxylation is 2. The molecule has 0 spiro atoms. The van der Waals surface area contributed by atoms with E-state index in [9.17, 15) is 0 Å². The van der Waals surface area contributed by atoms with E-state index in [1.165, 1.54) is 5.69 Å². The Hall–Kier alpha value is -0.830. The fraction of sp³-hybridized carbons (Fsp3) is 0.625. The zero-order valence-electron chi connectivity index (χ0n) is 7.33. The lowest BCUT2D eigenvalue weighted by molar-refractivity contribution is 0.487. The van der Waals surface area contributed by atoms with E-state index >= 15 is 0 Å². The van der Waals surface area contributed by atoms with E-state index in [-0.39, 0.29) is 0 Å². The van der Waals surface area contributed by atoms with Crippen LogP contribution in [0.5, 0.6) is 0 Å². The molecule has 3 heteroatoms. The average molecular weight is 153 g/mol. The highest BCUT2D eigenvalue weighted by Gasteiger charge is 2.05. The van der Waals surface area contributed by atoms with E-state index in [0.29, 0.717) is 12.6 Å². The smallest absolute Gasteiger partial charge is 0.0616 e. The van der Waals surface area contributed by atoms with Crippen molar-refractivity contribution in [3.8, 4) is 0 Å². The Labute approximate surface area is 67.2 Å². The second-order valence-electron chi connectivity index (χ2n) is 2.96. The summed E-state index contributed by atoms with van der Waals surface area (Å²) in [7, 11) is 0. The molecule has 1 aromatic rings. The van der Waals surface area contributed by atoms with Crippen molar-refractivity contribution in [1.82, 2.24) is 9.78 Å². The fourth-order valence-electron chi connectivity index (χ4n) is 1.19. The van der Waals surface area contributed by atoms with Gasteiger partial charge in [-0.1, -0.05) is 0 Å². The third kappa shape index (κ3) is 1.60. The third-order valence-electron chi connectivity index (χ3n) is 1.80. The van der Waals surface area contributed by atoms with Crippen LogP contribution in [-0.2, 0) is 0 Å². The van der Waals surface area contributed by atoms with Gasteiger partial charge in [-0.25, -0.2) is 0 Å². The number of nitrogens with two attached hydrogens (primary N) is 1. The first-order valence-electron chi connectivity index (χ1n) is 3.88. The van der Waals surface area contributed by atoms with Crippen LogP contribution in [0.4, 0.5) is 0 Å². The summed E-state index contributed by atoms with van der Waals surface area (Å²) in [5.41, 5.74) is 7.76. The lowest BCUT2D eigenvalue weighted by Gasteiger charge is -2.10. The van der Waals surface area contributed by atoms with Crippen molar-refractivity contribution in [3.05, 3.63) is 17.5 Å². The summed E-state index contributed by atoms with van der Waals surface area (Å²) in [6.07, 6.45) is 0. The Bertz CT molecular complexity index is 239. The quantitative estimate of drug-likeness (QED) is 0.689. The second kappa shape index (κ2) is 3.05. The molecule has 1 rings (SSSR count). The van der Waals surface area contributed by atoms with Gasteiger partial charge in [-0.3, -0.25) is 4.68 Å². The highest BCUT2D eigenvalue weighted by molar-refractivity contribution is 5.07. The van der Waals surface area contributed by atoms with Gasteiger partial charge in [-0.2, -0.15) is 5.10 Å². The number of hydrogen-bond acceptors (Lipinski definition) is 2. The molecule has 0 unspecified atom stereocenters. The maximum Gasteiger partial charge on any atom is 0.0616 e. The summed E-state index contributed by atoms with van der Waals surface area (Å²) in [4.78, 5) is 0. The van der Waals surface area contributed by atoms with E-state index in [0.717, 1.165) is 5.69 Å². The van der Waals surface area contributed by atoms with Crippen LogP contribution < -0.4 is 5.73 Å². The van der Waals surface area contributed by atoms with Crippen LogP contribution in [0.25, 0.3) is 0 Å². The first-order chi connectivity index (χ1) is 5.15. The van der Waals surface area contributed by atoms with Gasteiger partial charge in [0, 0.05) is 12.2 Å². The van der Waals surface area contributed by atoms with Crippen LogP contribution >= 0.6 is 0 Å². The minimum absolute atomic E-state index is 0.309. The van der Waals surface area contributed by atoms with Gasteiger partial charge in [0.1, 0.15) is 0 Å². The zero-order chi connectivity index (χ0) is 8.43. The highest BCUT2D eigenvalue weighted by Crippen LogP contribution is 2.08. The van der Waals surface area contributed by atoms with E-state index < -0.39 is 0 Å². The molecule has 62 valence electrons. The normalized spacial score (nSPS) is 13.5. The lowest BCUT2D eigenvalue weighted by Crippen LogP contribution is -2.18. The van der Waals surface area contributed by atoms with Gasteiger partial charge < -0.3 is 5.73 Å². The predicted molar refractivity (Wildman–Crippen MR) is 45.5 cm³/mol. The molecular formula is C8H15N3. The van der Waals surface area contributed by atoms with E-state index in [1.54, 1.807) is 0 Å². The Morgan fingerprint density at radius 3 is 2.64 bits per heavy atom. The van der Waals surface area contributed by atoms with Crippen LogP contribution in [0.1, 0.15) is 24.4 Å². The number of nitrogens with zero attached hydrogens (tertiary/aromatic N) is 2. The molecule has 11 heavy (non-hydrogen) atoms. The summed E-state index contributed by atoms with van der Waals surface area (Å²) in [5.74, 6) is 0. The molecule has 0 radical (unpaired) electrons. The third-order valence-corrected chi connectivity index (χ3v) is 1.80. The molecular weight excluding hydrogens is 138 g/mol. The Morgan fingerprint density at radius 1 is 1.64 bits per heavy atom. The highest BCUT2D eigenvalue weighted by atomic mass is 15.3. The van der Waals surface area contributed by atoms with Crippen molar-refractivity contribution in [2.24, 2.45) is 5.73 Å². The maximum absolute atomic E-state index is 5.52. The topological polar surface area (TPSA) is 43.8 Å². The van der Waals surface area contributed by atoms with E-state index in [1.807, 2.05) is 18.5 Å². The molecule has 0 amide bonds.